The first-order valence-electron chi connectivity index (χ1n) is 16.4. The fraction of sp³-hybridized carbons (Fsp3) is 0.368. The normalized spacial score (nSPS) is 14.0. The van der Waals surface area contributed by atoms with Crippen molar-refractivity contribution in [2.24, 2.45) is 5.92 Å². The number of nitrogens with one attached hydrogen (secondary N) is 2. The van der Waals surface area contributed by atoms with Gasteiger partial charge < -0.3 is 29.8 Å². The average Bonchev–Trinajstić information content (AvgIpc) is 3.50. The van der Waals surface area contributed by atoms with Crippen molar-refractivity contribution in [1.29, 1.82) is 0 Å². The SMILES string of the molecule is COc1ccc2[nH]cc(CCNC(=O)CN(CCCC3CCN(Cc4ccccc4)CC3)C(=O)/C=C/c3ccc(O)c(OC)c3)c2c1. The number of likely N-dealkylation sites (tertiary alicyclic amines) is 1. The third-order valence-corrected chi connectivity index (χ3v) is 8.96. The van der Waals surface area contributed by atoms with E-state index in [-0.39, 0.29) is 24.1 Å². The standard InChI is InChI=1S/C38H46N4O5/c1-46-32-12-13-34-33(24-32)31(25-40-34)16-19-39-37(44)27-42(38(45)15-11-29-10-14-35(43)36(23-29)47-2)20-6-9-28-17-21-41(22-18-28)26-30-7-4-3-5-8-30/h3-5,7-8,10-15,23-25,28,40,43H,6,9,16-22,26-27H2,1-2H3,(H,39,44)/b15-11+. The van der Waals surface area contributed by atoms with Crippen LogP contribution in [0.1, 0.15) is 42.4 Å². The molecule has 0 saturated carbocycles. The van der Waals surface area contributed by atoms with Crippen molar-refractivity contribution in [3.8, 4) is 17.2 Å². The Labute approximate surface area is 277 Å². The van der Waals surface area contributed by atoms with E-state index < -0.39 is 0 Å². The summed E-state index contributed by atoms with van der Waals surface area (Å²) in [5, 5.41) is 14.0. The zero-order valence-corrected chi connectivity index (χ0v) is 27.4. The van der Waals surface area contributed by atoms with E-state index in [9.17, 15) is 14.7 Å². The summed E-state index contributed by atoms with van der Waals surface area (Å²) in [7, 11) is 3.13. The minimum atomic E-state index is -0.228. The largest absolute Gasteiger partial charge is 0.504 e. The van der Waals surface area contributed by atoms with Gasteiger partial charge >= 0.3 is 0 Å². The number of phenols is 1. The Morgan fingerprint density at radius 1 is 1.04 bits per heavy atom. The molecule has 1 aromatic heterocycles. The molecule has 5 rings (SSSR count). The molecule has 9 nitrogen and oxygen atoms in total. The Hall–Kier alpha value is -4.76. The molecular weight excluding hydrogens is 592 g/mol. The van der Waals surface area contributed by atoms with Crippen LogP contribution in [0.2, 0.25) is 0 Å². The van der Waals surface area contributed by atoms with Crippen LogP contribution < -0.4 is 14.8 Å². The number of hydrogen-bond donors (Lipinski definition) is 3. The van der Waals surface area contributed by atoms with E-state index >= 15 is 0 Å². The summed E-state index contributed by atoms with van der Waals surface area (Å²) in [6.07, 6.45) is 9.92. The van der Waals surface area contributed by atoms with Gasteiger partial charge in [0, 0.05) is 42.8 Å². The number of aromatic amines is 1. The maximum atomic E-state index is 13.4. The number of nitrogens with zero attached hydrogens (tertiary/aromatic N) is 2. The van der Waals surface area contributed by atoms with Crippen LogP contribution in [0.3, 0.4) is 0 Å². The molecule has 248 valence electrons. The monoisotopic (exact) mass is 638 g/mol. The van der Waals surface area contributed by atoms with Crippen LogP contribution in [0.4, 0.5) is 0 Å². The second kappa shape index (κ2) is 16.7. The van der Waals surface area contributed by atoms with E-state index in [1.54, 1.807) is 30.2 Å². The quantitative estimate of drug-likeness (QED) is 0.143. The molecule has 1 saturated heterocycles. The molecule has 3 N–H and O–H groups in total. The molecule has 0 bridgehead atoms. The van der Waals surface area contributed by atoms with Crippen LogP contribution in [0.25, 0.3) is 17.0 Å². The van der Waals surface area contributed by atoms with Crippen molar-refractivity contribution in [2.75, 3.05) is 46.9 Å². The number of methoxy groups -OCH3 is 2. The summed E-state index contributed by atoms with van der Waals surface area (Å²) in [6, 6.07) is 21.4. The molecule has 0 spiro atoms. The first kappa shape index (κ1) is 33.6. The van der Waals surface area contributed by atoms with Gasteiger partial charge in [-0.1, -0.05) is 36.4 Å². The molecule has 4 aromatic rings. The van der Waals surface area contributed by atoms with Gasteiger partial charge in [0.05, 0.1) is 20.8 Å². The van der Waals surface area contributed by atoms with Gasteiger partial charge in [0.25, 0.3) is 0 Å². The number of ether oxygens (including phenoxy) is 2. The maximum Gasteiger partial charge on any atom is 0.247 e. The number of H-pyrrole nitrogens is 1. The van der Waals surface area contributed by atoms with Gasteiger partial charge in [-0.15, -0.1) is 0 Å². The molecule has 1 aliphatic heterocycles. The van der Waals surface area contributed by atoms with Crippen molar-refractivity contribution in [3.05, 3.63) is 95.7 Å². The molecule has 0 radical (unpaired) electrons. The minimum Gasteiger partial charge on any atom is -0.504 e. The predicted molar refractivity (Wildman–Crippen MR) is 186 cm³/mol. The highest BCUT2D eigenvalue weighted by molar-refractivity contribution is 5.94. The number of amides is 2. The lowest BCUT2D eigenvalue weighted by Gasteiger charge is -2.32. The number of fused-ring (bicyclic) bond motifs is 1. The first-order valence-corrected chi connectivity index (χ1v) is 16.4. The minimum absolute atomic E-state index is 0.0146. The molecule has 0 aliphatic carbocycles. The van der Waals surface area contributed by atoms with E-state index in [2.05, 4.69) is 45.5 Å². The maximum absolute atomic E-state index is 13.4. The van der Waals surface area contributed by atoms with Crippen LogP contribution in [0.5, 0.6) is 17.2 Å². The number of piperidine rings is 1. The molecule has 47 heavy (non-hydrogen) atoms. The van der Waals surface area contributed by atoms with E-state index in [0.717, 1.165) is 73.1 Å². The number of aromatic nitrogens is 1. The van der Waals surface area contributed by atoms with Gasteiger partial charge in [-0.3, -0.25) is 14.5 Å². The fourth-order valence-electron chi connectivity index (χ4n) is 6.24. The van der Waals surface area contributed by atoms with Gasteiger partial charge in [-0.25, -0.2) is 0 Å². The number of benzene rings is 3. The van der Waals surface area contributed by atoms with Crippen molar-refractivity contribution in [2.45, 2.75) is 38.6 Å². The third-order valence-electron chi connectivity index (χ3n) is 8.96. The number of phenolic OH excluding ortho intramolecular Hbond substituents is 1. The van der Waals surface area contributed by atoms with E-state index in [1.807, 2.05) is 24.4 Å². The van der Waals surface area contributed by atoms with Crippen molar-refractivity contribution < 1.29 is 24.2 Å². The van der Waals surface area contributed by atoms with Gasteiger partial charge in [-0.2, -0.15) is 0 Å². The molecule has 3 aromatic carbocycles. The summed E-state index contributed by atoms with van der Waals surface area (Å²) >= 11 is 0. The zero-order valence-electron chi connectivity index (χ0n) is 27.4. The Kier molecular flexibility index (Phi) is 11.9. The lowest BCUT2D eigenvalue weighted by atomic mass is 9.92. The lowest BCUT2D eigenvalue weighted by Crippen LogP contribution is -2.41. The summed E-state index contributed by atoms with van der Waals surface area (Å²) in [5.41, 5.74) is 4.17. The molecule has 2 amide bonds. The number of rotatable bonds is 15. The first-order chi connectivity index (χ1) is 22.9. The van der Waals surface area contributed by atoms with Gasteiger partial charge in [-0.05, 0) is 104 Å². The third kappa shape index (κ3) is 9.62. The summed E-state index contributed by atoms with van der Waals surface area (Å²) < 4.78 is 10.6. The van der Waals surface area contributed by atoms with Crippen LogP contribution in [0, 0.1) is 5.92 Å². The Morgan fingerprint density at radius 3 is 2.62 bits per heavy atom. The number of aromatic hydroxyl groups is 1. The van der Waals surface area contributed by atoms with Crippen LogP contribution in [-0.4, -0.2) is 78.6 Å². The molecule has 1 fully saturated rings. The van der Waals surface area contributed by atoms with E-state index in [4.69, 9.17) is 9.47 Å². The van der Waals surface area contributed by atoms with Crippen molar-refractivity contribution in [1.82, 2.24) is 20.1 Å². The zero-order chi connectivity index (χ0) is 33.0. The molecule has 2 heterocycles. The number of carbonyl (C=O) groups is 2. The predicted octanol–water partition coefficient (Wildman–Crippen LogP) is 5.78. The van der Waals surface area contributed by atoms with Crippen LogP contribution in [-0.2, 0) is 22.6 Å². The molecule has 9 heteroatoms. The average molecular weight is 639 g/mol. The van der Waals surface area contributed by atoms with E-state index in [1.165, 1.54) is 24.8 Å². The Morgan fingerprint density at radius 2 is 1.85 bits per heavy atom. The molecular formula is C38H46N4O5. The van der Waals surface area contributed by atoms with Crippen molar-refractivity contribution >= 4 is 28.8 Å². The topological polar surface area (TPSA) is 107 Å². The molecule has 1 aliphatic rings. The molecule has 0 atom stereocenters. The van der Waals surface area contributed by atoms with Crippen molar-refractivity contribution in [3.63, 3.8) is 0 Å². The van der Waals surface area contributed by atoms with Gasteiger partial charge in [0.2, 0.25) is 11.8 Å². The molecule has 0 unspecified atom stereocenters. The summed E-state index contributed by atoms with van der Waals surface area (Å²) in [4.78, 5) is 33.9. The summed E-state index contributed by atoms with van der Waals surface area (Å²) in [5.74, 6) is 1.35. The second-order valence-corrected chi connectivity index (χ2v) is 12.2. The number of carbonyl (C=O) groups excluding carboxylic acids is 2. The fourth-order valence-corrected chi connectivity index (χ4v) is 6.24. The highest BCUT2D eigenvalue weighted by atomic mass is 16.5. The van der Waals surface area contributed by atoms with Crippen LogP contribution in [0.15, 0.2) is 79.0 Å². The highest BCUT2D eigenvalue weighted by Gasteiger charge is 2.21. The summed E-state index contributed by atoms with van der Waals surface area (Å²) in [6.45, 7) is 4.08. The smallest absolute Gasteiger partial charge is 0.247 e. The van der Waals surface area contributed by atoms with E-state index in [0.29, 0.717) is 31.2 Å². The lowest BCUT2D eigenvalue weighted by molar-refractivity contribution is -0.132. The van der Waals surface area contributed by atoms with Gasteiger partial charge in [0.15, 0.2) is 11.5 Å². The Bertz CT molecular complexity index is 1640. The highest BCUT2D eigenvalue weighted by Crippen LogP contribution is 2.27. The Balaban J connectivity index is 1.15. The van der Waals surface area contributed by atoms with Gasteiger partial charge in [0.1, 0.15) is 5.75 Å². The van der Waals surface area contributed by atoms with Crippen LogP contribution >= 0.6 is 0 Å². The number of hydrogen-bond acceptors (Lipinski definition) is 6. The second-order valence-electron chi connectivity index (χ2n) is 12.2.